The Morgan fingerprint density at radius 2 is 2.11 bits per heavy atom. The summed E-state index contributed by atoms with van der Waals surface area (Å²) in [5, 5.41) is 3.25. The van der Waals surface area contributed by atoms with Crippen LogP contribution in [-0.4, -0.2) is 29.6 Å². The molecule has 0 aromatic carbocycles. The summed E-state index contributed by atoms with van der Waals surface area (Å²) in [6.45, 7) is 0.914. The van der Waals surface area contributed by atoms with E-state index >= 15 is 0 Å². The summed E-state index contributed by atoms with van der Waals surface area (Å²) in [5.74, 6) is 1.10. The van der Waals surface area contributed by atoms with Crippen molar-refractivity contribution in [2.24, 2.45) is 5.92 Å². The number of nitrogens with one attached hydrogen (secondary N) is 1. The number of carbonyl (C=O) groups is 1. The monoisotopic (exact) mass is 263 g/mol. The van der Waals surface area contributed by atoms with Crippen LogP contribution in [-0.2, 0) is 4.74 Å². The fraction of sp³-hybridized carbons (Fsp3) is 0.643. The van der Waals surface area contributed by atoms with Gasteiger partial charge in [0.25, 0.3) is 0 Å². The Labute approximate surface area is 113 Å². The van der Waals surface area contributed by atoms with Crippen molar-refractivity contribution in [2.45, 2.75) is 38.5 Å². The first-order chi connectivity index (χ1) is 9.29. The Hall–Kier alpha value is -1.65. The third kappa shape index (κ3) is 4.19. The van der Waals surface area contributed by atoms with Gasteiger partial charge in [-0.15, -0.1) is 0 Å². The van der Waals surface area contributed by atoms with Gasteiger partial charge in [0.2, 0.25) is 0 Å². The maximum Gasteiger partial charge on any atom is 0.358 e. The van der Waals surface area contributed by atoms with Crippen molar-refractivity contribution in [3.05, 3.63) is 18.1 Å². The van der Waals surface area contributed by atoms with Crippen LogP contribution >= 0.6 is 0 Å². The van der Waals surface area contributed by atoms with Gasteiger partial charge in [-0.25, -0.2) is 14.8 Å². The SMILES string of the molecule is COC(=O)c1cnc(NCCC2CCCCC2)cn1. The molecule has 19 heavy (non-hydrogen) atoms. The van der Waals surface area contributed by atoms with Crippen molar-refractivity contribution in [3.63, 3.8) is 0 Å². The van der Waals surface area contributed by atoms with Crippen LogP contribution in [0.25, 0.3) is 0 Å². The van der Waals surface area contributed by atoms with Gasteiger partial charge in [0.05, 0.1) is 19.5 Å². The van der Waals surface area contributed by atoms with Crippen LogP contribution in [0.15, 0.2) is 12.4 Å². The molecule has 0 saturated heterocycles. The minimum absolute atomic E-state index is 0.236. The van der Waals surface area contributed by atoms with Gasteiger partial charge < -0.3 is 10.1 Å². The van der Waals surface area contributed by atoms with Crippen LogP contribution < -0.4 is 5.32 Å². The average molecular weight is 263 g/mol. The third-order valence-corrected chi connectivity index (χ3v) is 3.63. The van der Waals surface area contributed by atoms with Gasteiger partial charge in [-0.2, -0.15) is 0 Å². The van der Waals surface area contributed by atoms with Crippen LogP contribution in [0.1, 0.15) is 49.0 Å². The molecule has 0 aliphatic heterocycles. The minimum Gasteiger partial charge on any atom is -0.464 e. The minimum atomic E-state index is -0.457. The Kier molecular flexibility index (Phi) is 5.12. The molecule has 5 nitrogen and oxygen atoms in total. The van der Waals surface area contributed by atoms with Crippen molar-refractivity contribution >= 4 is 11.8 Å². The number of rotatable bonds is 5. The first kappa shape index (κ1) is 13.8. The smallest absolute Gasteiger partial charge is 0.358 e. The van der Waals surface area contributed by atoms with Crippen LogP contribution in [0, 0.1) is 5.92 Å². The predicted molar refractivity (Wildman–Crippen MR) is 73.1 cm³/mol. The molecule has 0 amide bonds. The molecule has 0 spiro atoms. The number of nitrogens with zero attached hydrogens (tertiary/aromatic N) is 2. The molecule has 5 heteroatoms. The number of anilines is 1. The molecule has 104 valence electrons. The fourth-order valence-electron chi connectivity index (χ4n) is 2.51. The predicted octanol–water partition coefficient (Wildman–Crippen LogP) is 2.65. The standard InChI is InChI=1S/C14H21N3O2/c1-19-14(18)12-9-17-13(10-16-12)15-8-7-11-5-3-2-4-6-11/h9-11H,2-8H2,1H3,(H,15,17). The van der Waals surface area contributed by atoms with E-state index in [1.807, 2.05) is 0 Å². The van der Waals surface area contributed by atoms with Gasteiger partial charge in [-0.05, 0) is 12.3 Å². The maximum atomic E-state index is 11.2. The summed E-state index contributed by atoms with van der Waals surface area (Å²) in [5.41, 5.74) is 0.236. The van der Waals surface area contributed by atoms with Gasteiger partial charge in [0.15, 0.2) is 5.69 Å². The molecule has 1 aliphatic rings. The number of aromatic nitrogens is 2. The highest BCUT2D eigenvalue weighted by atomic mass is 16.5. The molecular weight excluding hydrogens is 242 g/mol. The second-order valence-corrected chi connectivity index (χ2v) is 5.00. The average Bonchev–Trinajstić information content (AvgIpc) is 2.48. The van der Waals surface area contributed by atoms with Gasteiger partial charge >= 0.3 is 5.97 Å². The molecule has 1 heterocycles. The first-order valence-corrected chi connectivity index (χ1v) is 6.94. The molecule has 0 unspecified atom stereocenters. The molecule has 0 radical (unpaired) electrons. The molecule has 1 fully saturated rings. The van der Waals surface area contributed by atoms with Crippen LogP contribution in [0.4, 0.5) is 5.82 Å². The van der Waals surface area contributed by atoms with E-state index in [1.165, 1.54) is 51.8 Å². The summed E-state index contributed by atoms with van der Waals surface area (Å²) in [7, 11) is 1.33. The Bertz CT molecular complexity index is 400. The van der Waals surface area contributed by atoms with E-state index in [2.05, 4.69) is 20.0 Å². The van der Waals surface area contributed by atoms with Crippen molar-refractivity contribution in [2.75, 3.05) is 19.0 Å². The number of esters is 1. The van der Waals surface area contributed by atoms with Crippen molar-refractivity contribution in [1.29, 1.82) is 0 Å². The van der Waals surface area contributed by atoms with Gasteiger partial charge in [-0.3, -0.25) is 0 Å². The fourth-order valence-corrected chi connectivity index (χ4v) is 2.51. The molecule has 1 N–H and O–H groups in total. The summed E-state index contributed by atoms with van der Waals surface area (Å²) >= 11 is 0. The molecule has 1 aliphatic carbocycles. The zero-order chi connectivity index (χ0) is 13.5. The number of methoxy groups -OCH3 is 1. The first-order valence-electron chi connectivity index (χ1n) is 6.94. The zero-order valence-electron chi connectivity index (χ0n) is 11.4. The van der Waals surface area contributed by atoms with Crippen LogP contribution in [0.2, 0.25) is 0 Å². The number of hydrogen-bond donors (Lipinski definition) is 1. The molecule has 0 atom stereocenters. The van der Waals surface area contributed by atoms with Gasteiger partial charge in [-0.1, -0.05) is 32.1 Å². The summed E-state index contributed by atoms with van der Waals surface area (Å²) in [6, 6.07) is 0. The summed E-state index contributed by atoms with van der Waals surface area (Å²) in [6.07, 6.45) is 11.0. The molecule has 0 bridgehead atoms. The second kappa shape index (κ2) is 7.07. The lowest BCUT2D eigenvalue weighted by molar-refractivity contribution is 0.0593. The van der Waals surface area contributed by atoms with E-state index in [1.54, 1.807) is 6.20 Å². The Morgan fingerprint density at radius 1 is 1.32 bits per heavy atom. The van der Waals surface area contributed by atoms with Crippen molar-refractivity contribution < 1.29 is 9.53 Å². The van der Waals surface area contributed by atoms with Gasteiger partial charge in [0, 0.05) is 6.54 Å². The molecule has 1 saturated carbocycles. The Balaban J connectivity index is 1.75. The lowest BCUT2D eigenvalue weighted by atomic mass is 9.87. The number of ether oxygens (including phenoxy) is 1. The highest BCUT2D eigenvalue weighted by Crippen LogP contribution is 2.25. The van der Waals surface area contributed by atoms with E-state index in [-0.39, 0.29) is 5.69 Å². The molecule has 2 rings (SSSR count). The van der Waals surface area contributed by atoms with Crippen LogP contribution in [0.3, 0.4) is 0 Å². The molecular formula is C14H21N3O2. The largest absolute Gasteiger partial charge is 0.464 e. The van der Waals surface area contributed by atoms with Crippen molar-refractivity contribution in [1.82, 2.24) is 9.97 Å². The highest BCUT2D eigenvalue weighted by Gasteiger charge is 2.13. The lowest BCUT2D eigenvalue weighted by Gasteiger charge is -2.21. The highest BCUT2D eigenvalue weighted by molar-refractivity contribution is 5.86. The summed E-state index contributed by atoms with van der Waals surface area (Å²) < 4.78 is 4.57. The van der Waals surface area contributed by atoms with Gasteiger partial charge in [0.1, 0.15) is 5.82 Å². The molecule has 1 aromatic heterocycles. The third-order valence-electron chi connectivity index (χ3n) is 3.63. The number of hydrogen-bond acceptors (Lipinski definition) is 5. The zero-order valence-corrected chi connectivity index (χ0v) is 11.4. The quantitative estimate of drug-likeness (QED) is 0.827. The molecule has 1 aromatic rings. The van der Waals surface area contributed by atoms with Crippen molar-refractivity contribution in [3.8, 4) is 0 Å². The van der Waals surface area contributed by atoms with E-state index in [0.29, 0.717) is 5.82 Å². The maximum absolute atomic E-state index is 11.2. The van der Waals surface area contributed by atoms with E-state index in [4.69, 9.17) is 0 Å². The van der Waals surface area contributed by atoms with E-state index in [0.717, 1.165) is 12.5 Å². The lowest BCUT2D eigenvalue weighted by Crippen LogP contribution is -2.13. The second-order valence-electron chi connectivity index (χ2n) is 5.00. The summed E-state index contributed by atoms with van der Waals surface area (Å²) in [4.78, 5) is 19.4. The number of carbonyl (C=O) groups excluding carboxylic acids is 1. The van der Waals surface area contributed by atoms with E-state index < -0.39 is 5.97 Å². The Morgan fingerprint density at radius 3 is 2.74 bits per heavy atom. The normalized spacial score (nSPS) is 16.1. The van der Waals surface area contributed by atoms with Crippen LogP contribution in [0.5, 0.6) is 0 Å². The van der Waals surface area contributed by atoms with E-state index in [9.17, 15) is 4.79 Å². The topological polar surface area (TPSA) is 64.1 Å².